The van der Waals surface area contributed by atoms with Gasteiger partial charge in [0.15, 0.2) is 0 Å². The Morgan fingerprint density at radius 1 is 0.426 bits per heavy atom. The summed E-state index contributed by atoms with van der Waals surface area (Å²) >= 11 is 0. The number of carbonyl (C=O) groups excluding carboxylic acids is 4. The highest BCUT2D eigenvalue weighted by molar-refractivity contribution is 5.92. The molecule has 318 valence electrons. The van der Waals surface area contributed by atoms with Gasteiger partial charge < -0.3 is 27.0 Å². The Kier molecular flexibility index (Phi) is 38.9. The maximum absolute atomic E-state index is 13.4. The lowest BCUT2D eigenvalue weighted by Crippen LogP contribution is -2.53. The maximum atomic E-state index is 13.4. The van der Waals surface area contributed by atoms with E-state index in [4.69, 9.17) is 5.73 Å². The third-order valence-electron chi connectivity index (χ3n) is 10.7. The predicted octanol–water partition coefficient (Wildman–Crippen LogP) is 10.1. The van der Waals surface area contributed by atoms with Crippen LogP contribution in [-0.4, -0.2) is 55.8 Å². The van der Waals surface area contributed by atoms with Crippen molar-refractivity contribution < 1.29 is 19.2 Å². The average Bonchev–Trinajstić information content (AvgIpc) is 3.17. The number of rotatable bonds is 41. The number of carbonyl (C=O) groups is 4. The molecule has 0 unspecified atom stereocenters. The number of hydrogen-bond acceptors (Lipinski definition) is 5. The van der Waals surface area contributed by atoms with Crippen LogP contribution in [0.5, 0.6) is 0 Å². The molecule has 0 heterocycles. The van der Waals surface area contributed by atoms with Crippen LogP contribution in [0.15, 0.2) is 0 Å². The molecular formula is C45H89N5O4. The van der Waals surface area contributed by atoms with Crippen LogP contribution in [0, 0.1) is 0 Å². The quantitative estimate of drug-likeness (QED) is 0.0394. The Hall–Kier alpha value is -2.16. The second-order valence-electron chi connectivity index (χ2n) is 15.9. The standard InChI is InChI=1S/C45H89N5O4/c1-4-6-8-10-12-14-16-18-20-22-24-26-28-36-42(51)48-39-33-31-35-41(45(54)50-40(44(53)47-3)34-30-32-38-46)49-43(52)37-29-27-25-23-21-19-17-15-13-11-9-7-5-2/h40-41H,4-39,46H2,1-3H3,(H,47,53)(H,48,51)(H,49,52)(H,50,54)/t40-,41-/m0/s1. The van der Waals surface area contributed by atoms with Crippen LogP contribution in [0.2, 0.25) is 0 Å². The first-order valence-electron chi connectivity index (χ1n) is 23.2. The van der Waals surface area contributed by atoms with E-state index in [0.29, 0.717) is 45.2 Å². The van der Waals surface area contributed by atoms with Crippen LogP contribution in [0.4, 0.5) is 0 Å². The van der Waals surface area contributed by atoms with E-state index in [9.17, 15) is 19.2 Å². The Morgan fingerprint density at radius 3 is 1.20 bits per heavy atom. The van der Waals surface area contributed by atoms with Crippen molar-refractivity contribution in [2.75, 3.05) is 20.1 Å². The van der Waals surface area contributed by atoms with Gasteiger partial charge in [-0.3, -0.25) is 19.2 Å². The maximum Gasteiger partial charge on any atom is 0.243 e. The van der Waals surface area contributed by atoms with E-state index >= 15 is 0 Å². The minimum absolute atomic E-state index is 0.0874. The van der Waals surface area contributed by atoms with Gasteiger partial charge in [0.05, 0.1) is 0 Å². The molecule has 0 aromatic heterocycles. The van der Waals surface area contributed by atoms with Gasteiger partial charge in [-0.2, -0.15) is 0 Å². The molecule has 9 nitrogen and oxygen atoms in total. The molecule has 0 aromatic carbocycles. The van der Waals surface area contributed by atoms with Crippen molar-refractivity contribution in [2.45, 2.75) is 244 Å². The fraction of sp³-hybridized carbons (Fsp3) is 0.911. The summed E-state index contributed by atoms with van der Waals surface area (Å²) in [7, 11) is 1.56. The molecule has 0 spiro atoms. The lowest BCUT2D eigenvalue weighted by atomic mass is 10.0. The number of nitrogens with two attached hydrogens (primary N) is 1. The molecule has 0 aromatic rings. The lowest BCUT2D eigenvalue weighted by molar-refractivity contribution is -0.132. The van der Waals surface area contributed by atoms with Gasteiger partial charge in [0.2, 0.25) is 23.6 Å². The van der Waals surface area contributed by atoms with E-state index in [-0.39, 0.29) is 23.6 Å². The molecule has 0 aliphatic carbocycles. The third-order valence-corrected chi connectivity index (χ3v) is 10.7. The Balaban J connectivity index is 4.46. The van der Waals surface area contributed by atoms with Crippen LogP contribution in [0.3, 0.4) is 0 Å². The molecule has 0 radical (unpaired) electrons. The summed E-state index contributed by atoms with van der Waals surface area (Å²) in [6.07, 6.45) is 37.7. The summed E-state index contributed by atoms with van der Waals surface area (Å²) in [5.41, 5.74) is 5.64. The Labute approximate surface area is 333 Å². The highest BCUT2D eigenvalue weighted by atomic mass is 16.2. The number of amides is 4. The van der Waals surface area contributed by atoms with Gasteiger partial charge in [-0.15, -0.1) is 0 Å². The zero-order chi connectivity index (χ0) is 39.7. The zero-order valence-corrected chi connectivity index (χ0v) is 35.8. The van der Waals surface area contributed by atoms with Gasteiger partial charge in [-0.25, -0.2) is 0 Å². The summed E-state index contributed by atoms with van der Waals surface area (Å²) in [5.74, 6) is -0.613. The van der Waals surface area contributed by atoms with Crippen LogP contribution < -0.4 is 27.0 Å². The van der Waals surface area contributed by atoms with E-state index in [1.54, 1.807) is 7.05 Å². The van der Waals surface area contributed by atoms with Gasteiger partial charge in [0.1, 0.15) is 12.1 Å². The fourth-order valence-electron chi connectivity index (χ4n) is 7.14. The second kappa shape index (κ2) is 40.5. The SMILES string of the molecule is CCCCCCCCCCCCCCCC(=O)NCCCC[C@H](NC(=O)CCCCCCCCCCCCCCC)C(=O)N[C@@H](CCCCN)C(=O)NC. The largest absolute Gasteiger partial charge is 0.357 e. The molecular weight excluding hydrogens is 675 g/mol. The molecule has 9 heteroatoms. The molecule has 0 aliphatic heterocycles. The van der Waals surface area contributed by atoms with E-state index in [0.717, 1.165) is 51.4 Å². The summed E-state index contributed by atoms with van der Waals surface area (Å²) in [4.78, 5) is 51.3. The van der Waals surface area contributed by atoms with Gasteiger partial charge in [0.25, 0.3) is 0 Å². The summed E-state index contributed by atoms with van der Waals surface area (Å²) in [6, 6.07) is -1.39. The minimum atomic E-state index is -0.720. The molecule has 54 heavy (non-hydrogen) atoms. The third kappa shape index (κ3) is 34.3. The number of likely N-dealkylation sites (N-methyl/N-ethyl adjacent to an activating group) is 1. The summed E-state index contributed by atoms with van der Waals surface area (Å²) in [6.45, 7) is 5.61. The van der Waals surface area contributed by atoms with Crippen LogP contribution in [-0.2, 0) is 19.2 Å². The van der Waals surface area contributed by atoms with Crippen molar-refractivity contribution in [3.8, 4) is 0 Å². The Bertz CT molecular complexity index is 886. The first-order valence-corrected chi connectivity index (χ1v) is 23.2. The molecule has 0 aliphatic rings. The second-order valence-corrected chi connectivity index (χ2v) is 15.9. The molecule has 6 N–H and O–H groups in total. The molecule has 0 saturated carbocycles. The molecule has 4 amide bonds. The number of nitrogens with one attached hydrogen (secondary N) is 4. The van der Waals surface area contributed by atoms with Crippen molar-refractivity contribution in [2.24, 2.45) is 5.73 Å². The predicted molar refractivity (Wildman–Crippen MR) is 228 cm³/mol. The van der Waals surface area contributed by atoms with E-state index in [2.05, 4.69) is 35.1 Å². The van der Waals surface area contributed by atoms with Gasteiger partial charge in [-0.1, -0.05) is 168 Å². The Morgan fingerprint density at radius 2 is 0.796 bits per heavy atom. The van der Waals surface area contributed by atoms with Gasteiger partial charge in [-0.05, 0) is 57.9 Å². The minimum Gasteiger partial charge on any atom is -0.357 e. The monoisotopic (exact) mass is 764 g/mol. The summed E-state index contributed by atoms with van der Waals surface area (Å²) in [5, 5.41) is 11.5. The molecule has 0 fully saturated rings. The number of unbranched alkanes of at least 4 members (excludes halogenated alkanes) is 26. The van der Waals surface area contributed by atoms with Crippen molar-refractivity contribution in [3.63, 3.8) is 0 Å². The van der Waals surface area contributed by atoms with Crippen molar-refractivity contribution in [1.29, 1.82) is 0 Å². The number of hydrogen-bond donors (Lipinski definition) is 5. The van der Waals surface area contributed by atoms with Crippen LogP contribution in [0.25, 0.3) is 0 Å². The molecule has 0 bridgehead atoms. The molecule has 0 saturated heterocycles. The lowest BCUT2D eigenvalue weighted by Gasteiger charge is -2.23. The topological polar surface area (TPSA) is 142 Å². The molecule has 2 atom stereocenters. The highest BCUT2D eigenvalue weighted by Gasteiger charge is 2.26. The van der Waals surface area contributed by atoms with Gasteiger partial charge >= 0.3 is 0 Å². The van der Waals surface area contributed by atoms with E-state index in [1.807, 2.05) is 0 Å². The van der Waals surface area contributed by atoms with E-state index in [1.165, 1.54) is 135 Å². The van der Waals surface area contributed by atoms with E-state index < -0.39 is 12.1 Å². The van der Waals surface area contributed by atoms with Crippen molar-refractivity contribution in [3.05, 3.63) is 0 Å². The first kappa shape index (κ1) is 51.8. The smallest absolute Gasteiger partial charge is 0.243 e. The van der Waals surface area contributed by atoms with Gasteiger partial charge in [0, 0.05) is 26.4 Å². The zero-order valence-electron chi connectivity index (χ0n) is 35.8. The van der Waals surface area contributed by atoms with Crippen LogP contribution in [0.1, 0.15) is 232 Å². The molecule has 0 rings (SSSR count). The fourth-order valence-corrected chi connectivity index (χ4v) is 7.14. The normalized spacial score (nSPS) is 12.3. The van der Waals surface area contributed by atoms with Crippen LogP contribution >= 0.6 is 0 Å². The average molecular weight is 764 g/mol. The van der Waals surface area contributed by atoms with Crippen molar-refractivity contribution >= 4 is 23.6 Å². The first-order chi connectivity index (χ1) is 26.4. The summed E-state index contributed by atoms with van der Waals surface area (Å²) < 4.78 is 0. The highest BCUT2D eigenvalue weighted by Crippen LogP contribution is 2.15. The van der Waals surface area contributed by atoms with Crippen molar-refractivity contribution in [1.82, 2.24) is 21.3 Å².